The van der Waals surface area contributed by atoms with Crippen LogP contribution in [0.5, 0.6) is 5.75 Å². The van der Waals surface area contributed by atoms with Crippen molar-refractivity contribution in [1.82, 2.24) is 9.47 Å². The number of aromatic nitrogens is 1. The number of methoxy groups -OCH3 is 1. The molecule has 8 heteroatoms. The fraction of sp³-hybridized carbons (Fsp3) is 0.294. The monoisotopic (exact) mass is 406 g/mol. The highest BCUT2D eigenvalue weighted by Crippen LogP contribution is 2.32. The molecular weight excluding hydrogens is 388 g/mol. The van der Waals surface area contributed by atoms with E-state index in [0.29, 0.717) is 18.0 Å². The number of likely N-dealkylation sites (N-methyl/N-ethyl adjacent to an activating group) is 1. The molecule has 2 rings (SSSR count). The van der Waals surface area contributed by atoms with E-state index in [1.807, 2.05) is 31.1 Å². The summed E-state index contributed by atoms with van der Waals surface area (Å²) in [5.41, 5.74) is 6.91. The van der Waals surface area contributed by atoms with Gasteiger partial charge in [0, 0.05) is 17.2 Å². The summed E-state index contributed by atoms with van der Waals surface area (Å²) in [6.07, 6.45) is 1.50. The second kappa shape index (κ2) is 8.05. The van der Waals surface area contributed by atoms with Crippen molar-refractivity contribution < 1.29 is 14.3 Å². The maximum absolute atomic E-state index is 12.2. The maximum atomic E-state index is 12.2. The van der Waals surface area contributed by atoms with Gasteiger partial charge in [0.1, 0.15) is 18.4 Å². The number of nitriles is 1. The number of esters is 1. The van der Waals surface area contributed by atoms with Crippen molar-refractivity contribution >= 4 is 27.6 Å². The first-order valence-corrected chi connectivity index (χ1v) is 8.25. The molecule has 0 amide bonds. The van der Waals surface area contributed by atoms with Gasteiger partial charge in [0.2, 0.25) is 0 Å². The van der Waals surface area contributed by atoms with Gasteiger partial charge in [-0.15, -0.1) is 0 Å². The van der Waals surface area contributed by atoms with Crippen molar-refractivity contribution in [3.63, 3.8) is 0 Å². The average molecular weight is 407 g/mol. The van der Waals surface area contributed by atoms with Gasteiger partial charge in [-0.3, -0.25) is 0 Å². The highest BCUT2D eigenvalue weighted by molar-refractivity contribution is 9.10. The number of carbonyl (C=O) groups excluding carboxylic acids is 1. The lowest BCUT2D eigenvalue weighted by molar-refractivity contribution is 0.0593. The summed E-state index contributed by atoms with van der Waals surface area (Å²) >= 11 is 3.42. The van der Waals surface area contributed by atoms with Crippen LogP contribution in [0.15, 0.2) is 28.9 Å². The Morgan fingerprint density at radius 2 is 2.16 bits per heavy atom. The number of hydrogen-bond acceptors (Lipinski definition) is 6. The molecule has 132 valence electrons. The predicted octanol–water partition coefficient (Wildman–Crippen LogP) is 2.42. The van der Waals surface area contributed by atoms with E-state index < -0.39 is 5.97 Å². The summed E-state index contributed by atoms with van der Waals surface area (Å²) in [5.74, 6) is -0.0676. The van der Waals surface area contributed by atoms with Gasteiger partial charge in [0.25, 0.3) is 0 Å². The molecule has 7 nitrogen and oxygen atoms in total. The van der Waals surface area contributed by atoms with Gasteiger partial charge in [-0.25, -0.2) is 4.79 Å². The summed E-state index contributed by atoms with van der Waals surface area (Å²) in [5, 5.41) is 9.23. The van der Waals surface area contributed by atoms with Gasteiger partial charge in [-0.2, -0.15) is 5.26 Å². The summed E-state index contributed by atoms with van der Waals surface area (Å²) in [6.45, 7) is 1.19. The van der Waals surface area contributed by atoms with E-state index in [9.17, 15) is 10.1 Å². The normalized spacial score (nSPS) is 10.6. The number of rotatable bonds is 6. The third-order valence-corrected chi connectivity index (χ3v) is 4.01. The zero-order valence-electron chi connectivity index (χ0n) is 14.2. The van der Waals surface area contributed by atoms with Gasteiger partial charge in [-0.05, 0) is 32.3 Å². The Bertz CT molecular complexity index is 824. The van der Waals surface area contributed by atoms with Crippen molar-refractivity contribution in [1.29, 1.82) is 5.26 Å². The second-order valence-electron chi connectivity index (χ2n) is 5.54. The molecule has 1 heterocycles. The third-order valence-electron chi connectivity index (χ3n) is 3.52. The van der Waals surface area contributed by atoms with E-state index in [-0.39, 0.29) is 16.9 Å². The lowest BCUT2D eigenvalue weighted by atomic mass is 10.2. The van der Waals surface area contributed by atoms with Crippen molar-refractivity contribution in [3.05, 3.63) is 40.1 Å². The van der Waals surface area contributed by atoms with Crippen molar-refractivity contribution in [2.75, 3.05) is 40.1 Å². The molecule has 2 N–H and O–H groups in total. The van der Waals surface area contributed by atoms with Crippen LogP contribution < -0.4 is 10.5 Å². The Morgan fingerprint density at radius 3 is 2.76 bits per heavy atom. The Morgan fingerprint density at radius 1 is 1.44 bits per heavy atom. The maximum Gasteiger partial charge on any atom is 0.357 e. The van der Waals surface area contributed by atoms with E-state index in [1.165, 1.54) is 17.9 Å². The lowest BCUT2D eigenvalue weighted by Crippen LogP contribution is -2.20. The quantitative estimate of drug-likeness (QED) is 0.740. The molecule has 0 saturated heterocycles. The van der Waals surface area contributed by atoms with Crippen molar-refractivity contribution in [2.24, 2.45) is 0 Å². The standard InChI is InChI=1S/C17H19BrN4O3/c1-21(2)6-7-25-14-8-12(18)4-5-13(14)22-10-11(9-19)15(20)16(22)17(23)24-3/h4-5,8,10H,6-7,20H2,1-3H3. The molecule has 0 aliphatic carbocycles. The summed E-state index contributed by atoms with van der Waals surface area (Å²) in [4.78, 5) is 14.1. The number of benzene rings is 1. The Kier molecular flexibility index (Phi) is 6.07. The smallest absolute Gasteiger partial charge is 0.357 e. The van der Waals surface area contributed by atoms with E-state index in [0.717, 1.165) is 11.0 Å². The number of carbonyl (C=O) groups is 1. The largest absolute Gasteiger partial charge is 0.490 e. The van der Waals surface area contributed by atoms with Gasteiger partial charge in [0.05, 0.1) is 24.0 Å². The Labute approximate surface area is 154 Å². The third kappa shape index (κ3) is 4.13. The molecule has 1 aromatic carbocycles. The fourth-order valence-corrected chi connectivity index (χ4v) is 2.59. The summed E-state index contributed by atoms with van der Waals surface area (Å²) in [7, 11) is 5.17. The van der Waals surface area contributed by atoms with Crippen LogP contribution in [0, 0.1) is 11.3 Å². The van der Waals surface area contributed by atoms with Crippen molar-refractivity contribution in [2.45, 2.75) is 0 Å². The van der Waals surface area contributed by atoms with Crippen LogP contribution in [0.25, 0.3) is 5.69 Å². The predicted molar refractivity (Wildman–Crippen MR) is 98.0 cm³/mol. The zero-order chi connectivity index (χ0) is 18.6. The number of hydrogen-bond donors (Lipinski definition) is 1. The number of ether oxygens (including phenoxy) is 2. The molecule has 2 aromatic rings. The van der Waals surface area contributed by atoms with Crippen LogP contribution in [0.4, 0.5) is 5.69 Å². The summed E-state index contributed by atoms with van der Waals surface area (Å²) < 4.78 is 13.0. The number of anilines is 1. The van der Waals surface area contributed by atoms with Crippen molar-refractivity contribution in [3.8, 4) is 17.5 Å². The van der Waals surface area contributed by atoms with Crippen LogP contribution in [0.3, 0.4) is 0 Å². The van der Waals surface area contributed by atoms with Gasteiger partial charge < -0.3 is 24.7 Å². The summed E-state index contributed by atoms with van der Waals surface area (Å²) in [6, 6.07) is 7.38. The first-order valence-electron chi connectivity index (χ1n) is 7.45. The highest BCUT2D eigenvalue weighted by atomic mass is 79.9. The molecular formula is C17H19BrN4O3. The number of halogens is 1. The highest BCUT2D eigenvalue weighted by Gasteiger charge is 2.23. The van der Waals surface area contributed by atoms with Gasteiger partial charge >= 0.3 is 5.97 Å². The van der Waals surface area contributed by atoms with E-state index >= 15 is 0 Å². The van der Waals surface area contributed by atoms with E-state index in [4.69, 9.17) is 15.2 Å². The van der Waals surface area contributed by atoms with Crippen LogP contribution in [-0.4, -0.2) is 49.8 Å². The topological polar surface area (TPSA) is 93.5 Å². The first-order chi connectivity index (χ1) is 11.9. The van der Waals surface area contributed by atoms with Crippen LogP contribution in [0.1, 0.15) is 16.1 Å². The van der Waals surface area contributed by atoms with Crippen LogP contribution >= 0.6 is 15.9 Å². The fourth-order valence-electron chi connectivity index (χ4n) is 2.25. The Hall–Kier alpha value is -2.50. The molecule has 25 heavy (non-hydrogen) atoms. The molecule has 0 aliphatic heterocycles. The molecule has 0 radical (unpaired) electrons. The van der Waals surface area contributed by atoms with Gasteiger partial charge in [0.15, 0.2) is 5.69 Å². The molecule has 0 spiro atoms. The van der Waals surface area contributed by atoms with Crippen LogP contribution in [0.2, 0.25) is 0 Å². The van der Waals surface area contributed by atoms with E-state index in [1.54, 1.807) is 12.1 Å². The minimum absolute atomic E-state index is 0.0801. The number of nitrogens with zero attached hydrogens (tertiary/aromatic N) is 3. The SMILES string of the molecule is COC(=O)c1c(N)c(C#N)cn1-c1ccc(Br)cc1OCCN(C)C. The molecule has 0 bridgehead atoms. The molecule has 0 saturated carbocycles. The minimum Gasteiger partial charge on any atom is -0.490 e. The minimum atomic E-state index is -0.624. The number of nitrogens with two attached hydrogens (primary N) is 1. The molecule has 0 unspecified atom stereocenters. The average Bonchev–Trinajstić information content (AvgIpc) is 2.90. The molecule has 0 aliphatic rings. The number of nitrogen functional groups attached to an aromatic ring is 1. The second-order valence-corrected chi connectivity index (χ2v) is 6.46. The molecule has 0 fully saturated rings. The van der Waals surface area contributed by atoms with Gasteiger partial charge in [-0.1, -0.05) is 15.9 Å². The molecule has 0 atom stereocenters. The zero-order valence-corrected chi connectivity index (χ0v) is 15.8. The Balaban J connectivity index is 2.54. The lowest BCUT2D eigenvalue weighted by Gasteiger charge is -2.16. The van der Waals surface area contributed by atoms with E-state index in [2.05, 4.69) is 15.9 Å². The van der Waals surface area contributed by atoms with Crippen LogP contribution in [-0.2, 0) is 4.74 Å². The first kappa shape index (κ1) is 18.8. The molecule has 1 aromatic heterocycles.